The molecule has 1 atom stereocenters. The molecule has 0 aliphatic rings. The summed E-state index contributed by atoms with van der Waals surface area (Å²) in [6.45, 7) is 3.94. The molecule has 2 aromatic rings. The van der Waals surface area contributed by atoms with Gasteiger partial charge < -0.3 is 14.6 Å². The first-order valence-corrected chi connectivity index (χ1v) is 7.07. The summed E-state index contributed by atoms with van der Waals surface area (Å²) in [6, 6.07) is 17.2. The number of carboxylic acids is 1. The molecule has 3 heteroatoms. The van der Waals surface area contributed by atoms with E-state index in [1.165, 1.54) is 0 Å². The van der Waals surface area contributed by atoms with Crippen LogP contribution in [0.25, 0.3) is 0 Å². The summed E-state index contributed by atoms with van der Waals surface area (Å²) in [6.07, 6.45) is 0.0815. The van der Waals surface area contributed by atoms with Crippen molar-refractivity contribution >= 4 is 5.97 Å². The standard InChI is InChI=1S/C18H20O3/c1-13(2)21-16-10-8-15(9-11-16)17(12-18(19)20)14-6-4-3-5-7-14/h3-11,13,17H,12H2,1-2H3,(H,19,20)/p-1/t17-/m0/s1. The number of carbonyl (C=O) groups is 1. The second-order valence-corrected chi connectivity index (χ2v) is 5.28. The molecule has 0 fully saturated rings. The molecule has 0 saturated heterocycles. The van der Waals surface area contributed by atoms with Crippen LogP contribution in [0.1, 0.15) is 37.3 Å². The second-order valence-electron chi connectivity index (χ2n) is 5.28. The molecule has 0 aromatic heterocycles. The quantitative estimate of drug-likeness (QED) is 0.819. The van der Waals surface area contributed by atoms with Gasteiger partial charge >= 0.3 is 0 Å². The van der Waals surface area contributed by atoms with Crippen molar-refractivity contribution in [3.8, 4) is 5.75 Å². The molecule has 0 aliphatic heterocycles. The molecule has 0 radical (unpaired) electrons. The van der Waals surface area contributed by atoms with Gasteiger partial charge in [-0.2, -0.15) is 0 Å². The molecule has 2 rings (SSSR count). The third-order valence-corrected chi connectivity index (χ3v) is 3.23. The van der Waals surface area contributed by atoms with E-state index in [0.29, 0.717) is 0 Å². The molecule has 0 saturated carbocycles. The third-order valence-electron chi connectivity index (χ3n) is 3.23. The van der Waals surface area contributed by atoms with Crippen molar-refractivity contribution in [2.75, 3.05) is 0 Å². The zero-order valence-electron chi connectivity index (χ0n) is 12.3. The Hall–Kier alpha value is -2.29. The minimum Gasteiger partial charge on any atom is -0.550 e. The maximum Gasteiger partial charge on any atom is 0.119 e. The number of carboxylic acid groups (broad SMARTS) is 1. The molecule has 0 N–H and O–H groups in total. The Balaban J connectivity index is 2.27. The molecule has 21 heavy (non-hydrogen) atoms. The fourth-order valence-corrected chi connectivity index (χ4v) is 2.33. The zero-order chi connectivity index (χ0) is 15.2. The molecule has 0 aliphatic carbocycles. The van der Waals surface area contributed by atoms with Gasteiger partial charge in [-0.1, -0.05) is 42.5 Å². The molecule has 0 bridgehead atoms. The van der Waals surface area contributed by atoms with Gasteiger partial charge in [-0.3, -0.25) is 0 Å². The summed E-state index contributed by atoms with van der Waals surface area (Å²) in [5, 5.41) is 11.0. The van der Waals surface area contributed by atoms with Gasteiger partial charge in [-0.25, -0.2) is 0 Å². The number of rotatable bonds is 6. The van der Waals surface area contributed by atoms with E-state index in [-0.39, 0.29) is 18.4 Å². The van der Waals surface area contributed by atoms with Crippen LogP contribution in [0.5, 0.6) is 5.75 Å². The highest BCUT2D eigenvalue weighted by molar-refractivity contribution is 5.66. The monoisotopic (exact) mass is 283 g/mol. The largest absolute Gasteiger partial charge is 0.550 e. The number of carbonyl (C=O) groups excluding carboxylic acids is 1. The Morgan fingerprint density at radius 2 is 1.57 bits per heavy atom. The topological polar surface area (TPSA) is 49.4 Å². The Bertz CT molecular complexity index is 573. The Morgan fingerprint density at radius 1 is 1.00 bits per heavy atom. The van der Waals surface area contributed by atoms with Crippen molar-refractivity contribution in [2.45, 2.75) is 32.3 Å². The summed E-state index contributed by atoms with van der Waals surface area (Å²) in [5.41, 5.74) is 1.92. The molecule has 0 heterocycles. The van der Waals surface area contributed by atoms with E-state index in [1.54, 1.807) is 0 Å². The zero-order valence-corrected chi connectivity index (χ0v) is 12.3. The van der Waals surface area contributed by atoms with Crippen molar-refractivity contribution in [1.29, 1.82) is 0 Å². The average molecular weight is 283 g/mol. The molecular weight excluding hydrogens is 264 g/mol. The first-order chi connectivity index (χ1) is 10.1. The number of benzene rings is 2. The van der Waals surface area contributed by atoms with Crippen LogP contribution in [0.15, 0.2) is 54.6 Å². The van der Waals surface area contributed by atoms with E-state index in [4.69, 9.17) is 4.74 Å². The van der Waals surface area contributed by atoms with Gasteiger partial charge in [0.25, 0.3) is 0 Å². The molecule has 0 unspecified atom stereocenters. The van der Waals surface area contributed by atoms with E-state index in [9.17, 15) is 9.90 Å². The van der Waals surface area contributed by atoms with E-state index in [2.05, 4.69) is 0 Å². The maximum atomic E-state index is 11.0. The summed E-state index contributed by atoms with van der Waals surface area (Å²) >= 11 is 0. The van der Waals surface area contributed by atoms with Crippen LogP contribution in [-0.2, 0) is 4.79 Å². The summed E-state index contributed by atoms with van der Waals surface area (Å²) in [7, 11) is 0. The van der Waals surface area contributed by atoms with E-state index in [0.717, 1.165) is 16.9 Å². The highest BCUT2D eigenvalue weighted by atomic mass is 16.5. The van der Waals surface area contributed by atoms with Crippen LogP contribution < -0.4 is 9.84 Å². The first-order valence-electron chi connectivity index (χ1n) is 7.07. The van der Waals surface area contributed by atoms with Gasteiger partial charge in [-0.05, 0) is 43.5 Å². The lowest BCUT2D eigenvalue weighted by Gasteiger charge is -2.19. The predicted molar refractivity (Wildman–Crippen MR) is 80.1 cm³/mol. The summed E-state index contributed by atoms with van der Waals surface area (Å²) < 4.78 is 5.61. The van der Waals surface area contributed by atoms with Crippen LogP contribution in [0, 0.1) is 0 Å². The van der Waals surface area contributed by atoms with Gasteiger partial charge in [0.2, 0.25) is 0 Å². The van der Waals surface area contributed by atoms with E-state index in [1.807, 2.05) is 68.4 Å². The van der Waals surface area contributed by atoms with Crippen molar-refractivity contribution < 1.29 is 14.6 Å². The molecular formula is C18H19O3-. The average Bonchev–Trinajstić information content (AvgIpc) is 2.46. The minimum absolute atomic E-state index is 0.0333. The number of aliphatic carboxylic acids is 1. The molecule has 0 amide bonds. The van der Waals surface area contributed by atoms with Gasteiger partial charge in [-0.15, -0.1) is 0 Å². The van der Waals surface area contributed by atoms with E-state index < -0.39 is 5.97 Å². The highest BCUT2D eigenvalue weighted by Gasteiger charge is 2.14. The lowest BCUT2D eigenvalue weighted by molar-refractivity contribution is -0.305. The fraction of sp³-hybridized carbons (Fsp3) is 0.278. The normalized spacial score (nSPS) is 12.1. The Kier molecular flexibility index (Phi) is 4.99. The highest BCUT2D eigenvalue weighted by Crippen LogP contribution is 2.29. The van der Waals surface area contributed by atoms with Crippen molar-refractivity contribution in [3.05, 3.63) is 65.7 Å². The van der Waals surface area contributed by atoms with Gasteiger partial charge in [0.05, 0.1) is 6.10 Å². The van der Waals surface area contributed by atoms with Crippen LogP contribution in [0.3, 0.4) is 0 Å². The lowest BCUT2D eigenvalue weighted by Crippen LogP contribution is -2.24. The summed E-state index contributed by atoms with van der Waals surface area (Å²) in [4.78, 5) is 11.0. The van der Waals surface area contributed by atoms with Crippen molar-refractivity contribution in [1.82, 2.24) is 0 Å². The second kappa shape index (κ2) is 6.93. The lowest BCUT2D eigenvalue weighted by atomic mass is 9.88. The molecule has 2 aromatic carbocycles. The third kappa shape index (κ3) is 4.35. The SMILES string of the molecule is CC(C)Oc1ccc([C@@H](CC(=O)[O-])c2ccccc2)cc1. The van der Waals surface area contributed by atoms with Gasteiger partial charge in [0.1, 0.15) is 5.75 Å². The van der Waals surface area contributed by atoms with Gasteiger partial charge in [0, 0.05) is 11.9 Å². The van der Waals surface area contributed by atoms with Crippen LogP contribution in [0.4, 0.5) is 0 Å². The van der Waals surface area contributed by atoms with Crippen LogP contribution in [0.2, 0.25) is 0 Å². The molecule has 110 valence electrons. The molecule has 0 spiro atoms. The molecule has 3 nitrogen and oxygen atoms in total. The number of ether oxygens (including phenoxy) is 1. The summed E-state index contributed by atoms with van der Waals surface area (Å²) in [5.74, 6) is -0.468. The van der Waals surface area contributed by atoms with Gasteiger partial charge in [0.15, 0.2) is 0 Å². The number of hydrogen-bond acceptors (Lipinski definition) is 3. The minimum atomic E-state index is -1.05. The maximum absolute atomic E-state index is 11.0. The Morgan fingerprint density at radius 3 is 2.10 bits per heavy atom. The predicted octanol–water partition coefficient (Wildman–Crippen LogP) is 2.75. The van der Waals surface area contributed by atoms with Crippen molar-refractivity contribution in [2.24, 2.45) is 0 Å². The number of hydrogen-bond donors (Lipinski definition) is 0. The first kappa shape index (κ1) is 15.1. The smallest absolute Gasteiger partial charge is 0.119 e. The van der Waals surface area contributed by atoms with Crippen LogP contribution >= 0.6 is 0 Å². The fourth-order valence-electron chi connectivity index (χ4n) is 2.33. The van der Waals surface area contributed by atoms with Crippen LogP contribution in [-0.4, -0.2) is 12.1 Å². The van der Waals surface area contributed by atoms with Crippen molar-refractivity contribution in [3.63, 3.8) is 0 Å². The Labute approximate surface area is 125 Å². The van der Waals surface area contributed by atoms with E-state index >= 15 is 0 Å².